The van der Waals surface area contributed by atoms with Gasteiger partial charge in [0.25, 0.3) is 5.82 Å². The van der Waals surface area contributed by atoms with Crippen molar-refractivity contribution >= 4 is 23.4 Å². The average Bonchev–Trinajstić information content (AvgIpc) is 3.07. The van der Waals surface area contributed by atoms with Gasteiger partial charge in [0.05, 0.1) is 18.7 Å². The van der Waals surface area contributed by atoms with Crippen molar-refractivity contribution in [3.05, 3.63) is 75.6 Å². The summed E-state index contributed by atoms with van der Waals surface area (Å²) in [6.45, 7) is 0. The van der Waals surface area contributed by atoms with E-state index in [-0.39, 0.29) is 22.4 Å². The summed E-state index contributed by atoms with van der Waals surface area (Å²) >= 11 is 7.46. The number of aromatic nitrogens is 3. The standard InChI is InChI=1S/C18H14ClN3O2S/c1-21-14-10-25-18(12-7-8-13(19)20-9-12)22(14)17(24)15(16(21)23)11-5-3-2-4-6-11/h2-9,18H,10H2,1H3. The van der Waals surface area contributed by atoms with Crippen LogP contribution in [0.3, 0.4) is 0 Å². The Hall–Kier alpha value is -2.31. The number of thioether (sulfide) groups is 1. The lowest BCUT2D eigenvalue weighted by Gasteiger charge is -2.17. The Morgan fingerprint density at radius 2 is 2.04 bits per heavy atom. The molecule has 0 fully saturated rings. The van der Waals surface area contributed by atoms with Gasteiger partial charge < -0.3 is 5.11 Å². The van der Waals surface area contributed by atoms with Gasteiger partial charge in [-0.25, -0.2) is 14.3 Å². The van der Waals surface area contributed by atoms with Crippen molar-refractivity contribution in [3.63, 3.8) is 0 Å². The predicted octanol–water partition coefficient (Wildman–Crippen LogP) is 2.26. The Morgan fingerprint density at radius 1 is 1.28 bits per heavy atom. The molecule has 0 aliphatic carbocycles. The summed E-state index contributed by atoms with van der Waals surface area (Å²) in [5, 5.41) is 12.9. The zero-order valence-corrected chi connectivity index (χ0v) is 14.9. The summed E-state index contributed by atoms with van der Waals surface area (Å²) in [4.78, 5) is 17.3. The third-order valence-electron chi connectivity index (χ3n) is 4.32. The predicted molar refractivity (Wildman–Crippen MR) is 95.4 cm³/mol. The molecule has 1 aliphatic heterocycles. The van der Waals surface area contributed by atoms with E-state index in [9.17, 15) is 9.90 Å². The molecule has 1 atom stereocenters. The van der Waals surface area contributed by atoms with Crippen molar-refractivity contribution < 1.29 is 9.67 Å². The molecule has 1 aromatic carbocycles. The maximum absolute atomic E-state index is 13.2. The van der Waals surface area contributed by atoms with Crippen molar-refractivity contribution in [1.82, 2.24) is 9.55 Å². The fraction of sp³-hybridized carbons (Fsp3) is 0.167. The zero-order valence-electron chi connectivity index (χ0n) is 13.3. The first-order valence-corrected chi connectivity index (χ1v) is 9.13. The number of nitrogens with zero attached hydrogens (tertiary/aromatic N) is 3. The normalized spacial score (nSPS) is 16.0. The second-order valence-corrected chi connectivity index (χ2v) is 7.23. The van der Waals surface area contributed by atoms with Crippen molar-refractivity contribution in [2.24, 2.45) is 7.05 Å². The minimum atomic E-state index is -0.269. The summed E-state index contributed by atoms with van der Waals surface area (Å²) in [6.07, 6.45) is 1.68. The van der Waals surface area contributed by atoms with Crippen LogP contribution in [0.1, 0.15) is 16.8 Å². The molecule has 2 aromatic heterocycles. The maximum Gasteiger partial charge on any atom is 0.345 e. The molecule has 3 aromatic rings. The van der Waals surface area contributed by atoms with Crippen LogP contribution in [-0.2, 0) is 12.8 Å². The quantitative estimate of drug-likeness (QED) is 0.512. The van der Waals surface area contributed by atoms with Crippen molar-refractivity contribution in [2.45, 2.75) is 11.1 Å². The molecule has 0 radical (unpaired) electrons. The molecule has 4 rings (SSSR count). The molecule has 25 heavy (non-hydrogen) atoms. The van der Waals surface area contributed by atoms with E-state index in [1.54, 1.807) is 52.3 Å². The van der Waals surface area contributed by atoms with Gasteiger partial charge in [0.1, 0.15) is 10.7 Å². The van der Waals surface area contributed by atoms with Crippen LogP contribution < -0.4 is 15.2 Å². The third kappa shape index (κ3) is 2.62. The molecule has 3 heterocycles. The number of pyridine rings is 1. The van der Waals surface area contributed by atoms with Gasteiger partial charge in [-0.2, -0.15) is 4.57 Å². The molecule has 0 spiro atoms. The monoisotopic (exact) mass is 371 g/mol. The maximum atomic E-state index is 13.2. The van der Waals surface area contributed by atoms with Crippen LogP contribution in [-0.4, -0.2) is 9.55 Å². The van der Waals surface area contributed by atoms with Gasteiger partial charge in [-0.15, -0.1) is 0 Å². The highest BCUT2D eigenvalue weighted by molar-refractivity contribution is 7.98. The third-order valence-corrected chi connectivity index (χ3v) is 5.77. The average molecular weight is 372 g/mol. The highest BCUT2D eigenvalue weighted by Gasteiger charge is 2.36. The fourth-order valence-corrected chi connectivity index (χ4v) is 4.49. The molecule has 0 saturated carbocycles. The Labute approximate surface area is 153 Å². The summed E-state index contributed by atoms with van der Waals surface area (Å²) < 4.78 is 3.26. The number of hydrogen-bond acceptors (Lipinski definition) is 4. The minimum Gasteiger partial charge on any atom is -0.842 e. The first-order valence-electron chi connectivity index (χ1n) is 7.71. The van der Waals surface area contributed by atoms with Gasteiger partial charge in [0.2, 0.25) is 0 Å². The first-order chi connectivity index (χ1) is 12.1. The highest BCUT2D eigenvalue weighted by Crippen LogP contribution is 2.35. The topological polar surface area (TPSA) is 61.8 Å². The molecule has 0 amide bonds. The molecule has 5 nitrogen and oxygen atoms in total. The minimum absolute atomic E-state index is 0.196. The Balaban J connectivity index is 1.95. The summed E-state index contributed by atoms with van der Waals surface area (Å²) in [7, 11) is 1.71. The number of benzene rings is 1. The molecule has 0 N–H and O–H groups in total. The van der Waals surface area contributed by atoms with E-state index in [0.717, 1.165) is 5.56 Å². The van der Waals surface area contributed by atoms with E-state index in [1.165, 1.54) is 0 Å². The second-order valence-electron chi connectivity index (χ2n) is 5.77. The van der Waals surface area contributed by atoms with Crippen molar-refractivity contribution in [1.29, 1.82) is 0 Å². The van der Waals surface area contributed by atoms with Crippen LogP contribution in [0, 0.1) is 0 Å². The molecule has 0 saturated heterocycles. The molecule has 126 valence electrons. The largest absolute Gasteiger partial charge is 0.842 e. The van der Waals surface area contributed by atoms with Crippen LogP contribution in [0.5, 0.6) is 5.88 Å². The smallest absolute Gasteiger partial charge is 0.345 e. The molecule has 0 bridgehead atoms. The van der Waals surface area contributed by atoms with Crippen LogP contribution >= 0.6 is 23.4 Å². The van der Waals surface area contributed by atoms with Gasteiger partial charge in [0, 0.05) is 11.8 Å². The Bertz CT molecular complexity index is 1000. The molecule has 1 unspecified atom stereocenters. The molecular formula is C18H14ClN3O2S. The van der Waals surface area contributed by atoms with Crippen LogP contribution in [0.25, 0.3) is 11.1 Å². The van der Waals surface area contributed by atoms with Crippen LogP contribution in [0.4, 0.5) is 0 Å². The van der Waals surface area contributed by atoms with E-state index < -0.39 is 0 Å². The number of hydrogen-bond donors (Lipinski definition) is 0. The van der Waals surface area contributed by atoms with Gasteiger partial charge in [-0.1, -0.05) is 53.7 Å². The summed E-state index contributed by atoms with van der Waals surface area (Å²) in [6, 6.07) is 12.6. The molecule has 7 heteroatoms. The highest BCUT2D eigenvalue weighted by atomic mass is 35.5. The molecule has 1 aliphatic rings. The zero-order chi connectivity index (χ0) is 17.6. The van der Waals surface area contributed by atoms with Crippen molar-refractivity contribution in [2.75, 3.05) is 0 Å². The van der Waals surface area contributed by atoms with Crippen molar-refractivity contribution in [3.8, 4) is 17.0 Å². The lowest BCUT2D eigenvalue weighted by atomic mass is 10.1. The van der Waals surface area contributed by atoms with E-state index in [1.807, 2.05) is 24.3 Å². The van der Waals surface area contributed by atoms with Gasteiger partial charge in [-0.05, 0) is 17.7 Å². The Morgan fingerprint density at radius 3 is 2.72 bits per heavy atom. The first kappa shape index (κ1) is 16.2. The Kier molecular flexibility index (Phi) is 4.01. The summed E-state index contributed by atoms with van der Waals surface area (Å²) in [5.74, 6) is 1.03. The molecular weight excluding hydrogens is 358 g/mol. The fourth-order valence-electron chi connectivity index (χ4n) is 3.04. The van der Waals surface area contributed by atoms with Gasteiger partial charge in [0.15, 0.2) is 5.37 Å². The SMILES string of the molecule is Cn1c([O-])c(-c2ccccc2)c(=O)[n+]2c1CSC2c1ccc(Cl)nc1. The number of rotatable bonds is 2. The number of halogens is 1. The van der Waals surface area contributed by atoms with Crippen LogP contribution in [0.2, 0.25) is 5.15 Å². The lowest BCUT2D eigenvalue weighted by molar-refractivity contribution is -0.710. The number of fused-ring (bicyclic) bond motifs is 1. The van der Waals surface area contributed by atoms with Gasteiger partial charge in [-0.3, -0.25) is 0 Å². The second kappa shape index (κ2) is 6.20. The van der Waals surface area contributed by atoms with E-state index in [2.05, 4.69) is 4.98 Å². The van der Waals surface area contributed by atoms with E-state index >= 15 is 0 Å². The van der Waals surface area contributed by atoms with E-state index in [0.29, 0.717) is 22.3 Å². The van der Waals surface area contributed by atoms with Crippen LogP contribution in [0.15, 0.2) is 53.5 Å². The van der Waals surface area contributed by atoms with E-state index in [4.69, 9.17) is 11.6 Å². The summed E-state index contributed by atoms with van der Waals surface area (Å²) in [5.41, 5.74) is 1.44. The van der Waals surface area contributed by atoms with Gasteiger partial charge >= 0.3 is 5.56 Å². The lowest BCUT2D eigenvalue weighted by Crippen LogP contribution is -2.55.